The van der Waals surface area contributed by atoms with Gasteiger partial charge in [-0.05, 0) is 13.0 Å². The Labute approximate surface area is 81.5 Å². The predicted octanol–water partition coefficient (Wildman–Crippen LogP) is 2.11. The van der Waals surface area contributed by atoms with Gasteiger partial charge in [0.2, 0.25) is 0 Å². The van der Waals surface area contributed by atoms with E-state index < -0.39 is 6.10 Å². The third-order valence-electron chi connectivity index (χ3n) is 1.77. The Kier molecular flexibility index (Phi) is 3.01. The van der Waals surface area contributed by atoms with Crippen molar-refractivity contribution >= 4 is 11.6 Å². The van der Waals surface area contributed by atoms with Crippen molar-refractivity contribution in [1.82, 2.24) is 0 Å². The van der Waals surface area contributed by atoms with E-state index >= 15 is 0 Å². The van der Waals surface area contributed by atoms with Gasteiger partial charge in [-0.25, -0.2) is 0 Å². The maximum Gasteiger partial charge on any atom is 0.179 e. The Balaban J connectivity index is 3.27. The number of hydrogen-bond donors (Lipinski definition) is 2. The largest absolute Gasteiger partial charge is 0.504 e. The van der Waals surface area contributed by atoms with Gasteiger partial charge in [0.1, 0.15) is 0 Å². The van der Waals surface area contributed by atoms with Crippen LogP contribution in [0.2, 0.25) is 5.02 Å². The molecule has 0 radical (unpaired) electrons. The highest BCUT2D eigenvalue weighted by molar-refractivity contribution is 6.32. The van der Waals surface area contributed by atoms with Gasteiger partial charge in [0, 0.05) is 5.56 Å². The number of rotatable bonds is 2. The lowest BCUT2D eigenvalue weighted by atomic mass is 10.1. The Morgan fingerprint density at radius 3 is 2.54 bits per heavy atom. The Hall–Kier alpha value is -0.930. The molecule has 2 N–H and O–H groups in total. The van der Waals surface area contributed by atoms with E-state index in [0.29, 0.717) is 10.6 Å². The summed E-state index contributed by atoms with van der Waals surface area (Å²) in [5, 5.41) is 19.2. The van der Waals surface area contributed by atoms with Crippen LogP contribution in [0.25, 0.3) is 0 Å². The fourth-order valence-electron chi connectivity index (χ4n) is 1.09. The molecule has 1 rings (SSSR count). The van der Waals surface area contributed by atoms with Crippen molar-refractivity contribution in [1.29, 1.82) is 0 Å². The normalized spacial score (nSPS) is 12.6. The summed E-state index contributed by atoms with van der Waals surface area (Å²) in [6.45, 7) is 1.56. The minimum atomic E-state index is -0.744. The standard InChI is InChI=1S/C9H11ClO3/c1-5(11)6-3-4-7(10)9(13-2)8(6)12/h3-5,11-12H,1-2H3. The van der Waals surface area contributed by atoms with Crippen LogP contribution in [0.1, 0.15) is 18.6 Å². The van der Waals surface area contributed by atoms with Gasteiger partial charge < -0.3 is 14.9 Å². The molecule has 0 bridgehead atoms. The maximum absolute atomic E-state index is 9.57. The van der Waals surface area contributed by atoms with E-state index in [1.807, 2.05) is 0 Å². The molecule has 0 aliphatic heterocycles. The molecule has 1 aromatic carbocycles. The number of aliphatic hydroxyl groups excluding tert-OH is 1. The number of phenolic OH excluding ortho intramolecular Hbond substituents is 1. The molecule has 0 amide bonds. The zero-order valence-electron chi connectivity index (χ0n) is 7.41. The number of benzene rings is 1. The first kappa shape index (κ1) is 10.2. The first-order chi connectivity index (χ1) is 6.07. The average molecular weight is 203 g/mol. The second kappa shape index (κ2) is 3.85. The van der Waals surface area contributed by atoms with E-state index in [-0.39, 0.29) is 11.5 Å². The highest BCUT2D eigenvalue weighted by Crippen LogP contribution is 2.39. The smallest absolute Gasteiger partial charge is 0.179 e. The predicted molar refractivity (Wildman–Crippen MR) is 50.3 cm³/mol. The highest BCUT2D eigenvalue weighted by atomic mass is 35.5. The molecule has 4 heteroatoms. The molecule has 13 heavy (non-hydrogen) atoms. The van der Waals surface area contributed by atoms with Crippen LogP contribution in [0.3, 0.4) is 0 Å². The van der Waals surface area contributed by atoms with Crippen LogP contribution in [0.15, 0.2) is 12.1 Å². The fourth-order valence-corrected chi connectivity index (χ4v) is 1.32. The van der Waals surface area contributed by atoms with Crippen LogP contribution >= 0.6 is 11.6 Å². The molecule has 1 atom stereocenters. The molecule has 3 nitrogen and oxygen atoms in total. The molecule has 0 aliphatic carbocycles. The molecule has 0 saturated carbocycles. The number of aromatic hydroxyl groups is 1. The quantitative estimate of drug-likeness (QED) is 0.772. The summed E-state index contributed by atoms with van der Waals surface area (Å²) < 4.78 is 4.87. The molecule has 0 aliphatic rings. The summed E-state index contributed by atoms with van der Waals surface area (Å²) in [4.78, 5) is 0. The van der Waals surface area contributed by atoms with Gasteiger partial charge in [-0.15, -0.1) is 0 Å². The molecule has 0 heterocycles. The van der Waals surface area contributed by atoms with E-state index in [2.05, 4.69) is 0 Å². The number of methoxy groups -OCH3 is 1. The molecule has 1 aromatic rings. The number of hydrogen-bond acceptors (Lipinski definition) is 3. The third-order valence-corrected chi connectivity index (χ3v) is 2.07. The number of phenols is 1. The molecule has 0 fully saturated rings. The van der Waals surface area contributed by atoms with Crippen LogP contribution in [-0.2, 0) is 0 Å². The van der Waals surface area contributed by atoms with Gasteiger partial charge in [-0.3, -0.25) is 0 Å². The van der Waals surface area contributed by atoms with Crippen molar-refractivity contribution in [2.24, 2.45) is 0 Å². The topological polar surface area (TPSA) is 49.7 Å². The monoisotopic (exact) mass is 202 g/mol. The van der Waals surface area contributed by atoms with Crippen molar-refractivity contribution in [2.45, 2.75) is 13.0 Å². The van der Waals surface area contributed by atoms with Crippen molar-refractivity contribution < 1.29 is 14.9 Å². The van der Waals surface area contributed by atoms with Gasteiger partial charge in [0.15, 0.2) is 11.5 Å². The summed E-state index contributed by atoms with van der Waals surface area (Å²) in [5.41, 5.74) is 0.404. The fraction of sp³-hybridized carbons (Fsp3) is 0.333. The van der Waals surface area contributed by atoms with Crippen molar-refractivity contribution in [3.8, 4) is 11.5 Å². The van der Waals surface area contributed by atoms with Gasteiger partial charge in [-0.2, -0.15) is 0 Å². The lowest BCUT2D eigenvalue weighted by Gasteiger charge is -2.11. The molecule has 0 aromatic heterocycles. The minimum Gasteiger partial charge on any atom is -0.504 e. The first-order valence-electron chi connectivity index (χ1n) is 3.81. The average Bonchev–Trinajstić information content (AvgIpc) is 2.04. The lowest BCUT2D eigenvalue weighted by molar-refractivity contribution is 0.193. The highest BCUT2D eigenvalue weighted by Gasteiger charge is 2.14. The minimum absolute atomic E-state index is 0.106. The second-order valence-corrected chi connectivity index (χ2v) is 3.10. The van der Waals surface area contributed by atoms with Crippen LogP contribution in [0.5, 0.6) is 11.5 Å². The van der Waals surface area contributed by atoms with E-state index in [9.17, 15) is 10.2 Å². The molecule has 1 unspecified atom stereocenters. The maximum atomic E-state index is 9.57. The van der Waals surface area contributed by atoms with E-state index in [4.69, 9.17) is 16.3 Å². The summed E-state index contributed by atoms with van der Waals surface area (Å²) in [6.07, 6.45) is -0.744. The molecule has 0 saturated heterocycles. The summed E-state index contributed by atoms with van der Waals surface area (Å²) in [7, 11) is 1.41. The summed E-state index contributed by atoms with van der Waals surface area (Å²) in [6, 6.07) is 3.13. The van der Waals surface area contributed by atoms with Crippen molar-refractivity contribution in [3.63, 3.8) is 0 Å². The van der Waals surface area contributed by atoms with Gasteiger partial charge in [0.05, 0.1) is 18.2 Å². The second-order valence-electron chi connectivity index (χ2n) is 2.69. The van der Waals surface area contributed by atoms with Crippen LogP contribution in [-0.4, -0.2) is 17.3 Å². The molecule has 0 spiro atoms. The summed E-state index contributed by atoms with van der Waals surface area (Å²) >= 11 is 5.74. The van der Waals surface area contributed by atoms with E-state index in [1.54, 1.807) is 19.1 Å². The number of aliphatic hydroxyl groups is 1. The van der Waals surface area contributed by atoms with Gasteiger partial charge >= 0.3 is 0 Å². The molecular formula is C9H11ClO3. The molecular weight excluding hydrogens is 192 g/mol. The van der Waals surface area contributed by atoms with Crippen molar-refractivity contribution in [2.75, 3.05) is 7.11 Å². The lowest BCUT2D eigenvalue weighted by Crippen LogP contribution is -1.94. The third kappa shape index (κ3) is 1.87. The summed E-state index contributed by atoms with van der Waals surface area (Å²) in [5.74, 6) is 0.0880. The van der Waals surface area contributed by atoms with Crippen LogP contribution < -0.4 is 4.74 Å². The van der Waals surface area contributed by atoms with Gasteiger partial charge in [0.25, 0.3) is 0 Å². The first-order valence-corrected chi connectivity index (χ1v) is 4.19. The van der Waals surface area contributed by atoms with Crippen molar-refractivity contribution in [3.05, 3.63) is 22.7 Å². The zero-order valence-corrected chi connectivity index (χ0v) is 8.17. The Bertz CT molecular complexity index is 310. The Morgan fingerprint density at radius 1 is 1.46 bits per heavy atom. The number of halogens is 1. The Morgan fingerprint density at radius 2 is 2.08 bits per heavy atom. The van der Waals surface area contributed by atoms with Crippen LogP contribution in [0, 0.1) is 0 Å². The van der Waals surface area contributed by atoms with Gasteiger partial charge in [-0.1, -0.05) is 17.7 Å². The van der Waals surface area contributed by atoms with Crippen LogP contribution in [0.4, 0.5) is 0 Å². The van der Waals surface area contributed by atoms with E-state index in [1.165, 1.54) is 7.11 Å². The van der Waals surface area contributed by atoms with E-state index in [0.717, 1.165) is 0 Å². The number of ether oxygens (including phenoxy) is 1. The zero-order chi connectivity index (χ0) is 10.0. The SMILES string of the molecule is COc1c(Cl)ccc(C(C)O)c1O. The molecule has 72 valence electrons.